The van der Waals surface area contributed by atoms with Crippen molar-refractivity contribution in [3.05, 3.63) is 64.1 Å². The minimum absolute atomic E-state index is 0.555. The van der Waals surface area contributed by atoms with Crippen LogP contribution in [0.4, 0.5) is 0 Å². The second kappa shape index (κ2) is 8.30. The van der Waals surface area contributed by atoms with Crippen LogP contribution in [0.1, 0.15) is 11.1 Å². The zero-order chi connectivity index (χ0) is 14.2. The van der Waals surface area contributed by atoms with Crippen molar-refractivity contribution < 1.29 is 4.74 Å². The molecule has 106 valence electrons. The van der Waals surface area contributed by atoms with Gasteiger partial charge in [0.2, 0.25) is 0 Å². The summed E-state index contributed by atoms with van der Waals surface area (Å²) in [5, 5.41) is 3.36. The van der Waals surface area contributed by atoms with Gasteiger partial charge in [-0.15, -0.1) is 11.6 Å². The summed E-state index contributed by atoms with van der Waals surface area (Å²) in [6.07, 6.45) is 0. The predicted molar refractivity (Wildman–Crippen MR) is 87.3 cm³/mol. The van der Waals surface area contributed by atoms with Gasteiger partial charge in [0.25, 0.3) is 0 Å². The van der Waals surface area contributed by atoms with E-state index < -0.39 is 0 Å². The Labute approximate surface area is 133 Å². The highest BCUT2D eigenvalue weighted by atomic mass is 79.9. The van der Waals surface area contributed by atoms with Crippen LogP contribution >= 0.6 is 27.5 Å². The molecule has 2 aromatic carbocycles. The van der Waals surface area contributed by atoms with Gasteiger partial charge in [-0.1, -0.05) is 46.3 Å². The molecule has 0 unspecified atom stereocenters. The maximum atomic E-state index is 5.82. The smallest absolute Gasteiger partial charge is 0.120 e. The van der Waals surface area contributed by atoms with Crippen molar-refractivity contribution in [3.8, 4) is 5.75 Å². The van der Waals surface area contributed by atoms with Crippen LogP contribution in [0, 0.1) is 0 Å². The third-order valence-corrected chi connectivity index (χ3v) is 3.62. The van der Waals surface area contributed by atoms with Crippen LogP contribution in [-0.4, -0.2) is 13.2 Å². The summed E-state index contributed by atoms with van der Waals surface area (Å²) < 4.78 is 6.68. The average molecular weight is 355 g/mol. The SMILES string of the molecule is ClCc1cccc(CNCCOc2cccc(Br)c2)c1. The quantitative estimate of drug-likeness (QED) is 0.589. The summed E-state index contributed by atoms with van der Waals surface area (Å²) in [4.78, 5) is 0. The Hall–Kier alpha value is -1.03. The number of rotatable bonds is 7. The van der Waals surface area contributed by atoms with E-state index in [2.05, 4.69) is 33.4 Å². The van der Waals surface area contributed by atoms with Crippen molar-refractivity contribution in [2.45, 2.75) is 12.4 Å². The van der Waals surface area contributed by atoms with Crippen LogP contribution in [0.3, 0.4) is 0 Å². The van der Waals surface area contributed by atoms with E-state index in [1.54, 1.807) is 0 Å². The molecule has 0 saturated heterocycles. The lowest BCUT2D eigenvalue weighted by atomic mass is 10.1. The van der Waals surface area contributed by atoms with Crippen LogP contribution in [0.5, 0.6) is 5.75 Å². The minimum Gasteiger partial charge on any atom is -0.492 e. The molecule has 0 spiro atoms. The number of hydrogen-bond acceptors (Lipinski definition) is 2. The molecule has 1 N–H and O–H groups in total. The number of hydrogen-bond donors (Lipinski definition) is 1. The number of halogens is 2. The van der Waals surface area contributed by atoms with E-state index in [1.165, 1.54) is 5.56 Å². The molecule has 2 rings (SSSR count). The molecule has 0 radical (unpaired) electrons. The normalized spacial score (nSPS) is 10.5. The second-order valence-electron chi connectivity index (χ2n) is 4.44. The topological polar surface area (TPSA) is 21.3 Å². The first-order valence-corrected chi connectivity index (χ1v) is 7.83. The predicted octanol–water partition coefficient (Wildman–Crippen LogP) is 4.36. The Morgan fingerprint density at radius 2 is 1.85 bits per heavy atom. The molecule has 4 heteroatoms. The Morgan fingerprint density at radius 3 is 2.65 bits per heavy atom. The third-order valence-electron chi connectivity index (χ3n) is 2.82. The van der Waals surface area contributed by atoms with E-state index in [4.69, 9.17) is 16.3 Å². The largest absolute Gasteiger partial charge is 0.492 e. The Bertz CT molecular complexity index is 548. The highest BCUT2D eigenvalue weighted by molar-refractivity contribution is 9.10. The van der Waals surface area contributed by atoms with Crippen LogP contribution in [0.2, 0.25) is 0 Å². The van der Waals surface area contributed by atoms with E-state index in [0.717, 1.165) is 28.9 Å². The maximum Gasteiger partial charge on any atom is 0.120 e. The molecule has 0 amide bonds. The van der Waals surface area contributed by atoms with Gasteiger partial charge in [0, 0.05) is 23.4 Å². The van der Waals surface area contributed by atoms with Gasteiger partial charge in [-0.05, 0) is 29.3 Å². The number of nitrogens with one attached hydrogen (secondary N) is 1. The van der Waals surface area contributed by atoms with Crippen LogP contribution in [0.25, 0.3) is 0 Å². The summed E-state index contributed by atoms with van der Waals surface area (Å²) in [6.45, 7) is 2.27. The fourth-order valence-electron chi connectivity index (χ4n) is 1.85. The molecule has 0 atom stereocenters. The zero-order valence-corrected chi connectivity index (χ0v) is 13.5. The lowest BCUT2D eigenvalue weighted by Crippen LogP contribution is -2.20. The molecule has 2 nitrogen and oxygen atoms in total. The van der Waals surface area contributed by atoms with Crippen molar-refractivity contribution in [1.29, 1.82) is 0 Å². The summed E-state index contributed by atoms with van der Waals surface area (Å²) >= 11 is 9.24. The summed E-state index contributed by atoms with van der Waals surface area (Å²) in [5.41, 5.74) is 2.39. The molecule has 0 aromatic heterocycles. The van der Waals surface area contributed by atoms with E-state index in [0.29, 0.717) is 12.5 Å². The molecule has 0 aliphatic carbocycles. The van der Waals surface area contributed by atoms with E-state index >= 15 is 0 Å². The van der Waals surface area contributed by atoms with Gasteiger partial charge in [0.05, 0.1) is 0 Å². The van der Waals surface area contributed by atoms with Crippen molar-refractivity contribution in [2.24, 2.45) is 0 Å². The summed E-state index contributed by atoms with van der Waals surface area (Å²) in [7, 11) is 0. The van der Waals surface area contributed by atoms with Gasteiger partial charge < -0.3 is 10.1 Å². The molecular formula is C16H17BrClNO. The molecule has 0 heterocycles. The van der Waals surface area contributed by atoms with Gasteiger partial charge in [0.15, 0.2) is 0 Å². The van der Waals surface area contributed by atoms with Gasteiger partial charge in [-0.3, -0.25) is 0 Å². The highest BCUT2D eigenvalue weighted by Gasteiger charge is 1.97. The Kier molecular flexibility index (Phi) is 6.37. The summed E-state index contributed by atoms with van der Waals surface area (Å²) in [6, 6.07) is 16.1. The molecule has 0 aliphatic heterocycles. The first kappa shape index (κ1) is 15.4. The van der Waals surface area contributed by atoms with E-state index in [-0.39, 0.29) is 0 Å². The van der Waals surface area contributed by atoms with Crippen molar-refractivity contribution >= 4 is 27.5 Å². The molecule has 0 saturated carbocycles. The van der Waals surface area contributed by atoms with Gasteiger partial charge in [0.1, 0.15) is 12.4 Å². The lowest BCUT2D eigenvalue weighted by molar-refractivity contribution is 0.313. The summed E-state index contributed by atoms with van der Waals surface area (Å²) in [5.74, 6) is 1.44. The lowest BCUT2D eigenvalue weighted by Gasteiger charge is -2.08. The molecule has 0 fully saturated rings. The molecule has 0 aliphatic rings. The number of alkyl halides is 1. The first-order chi connectivity index (χ1) is 9.78. The van der Waals surface area contributed by atoms with E-state index in [1.807, 2.05) is 36.4 Å². The number of benzene rings is 2. The van der Waals surface area contributed by atoms with E-state index in [9.17, 15) is 0 Å². The third kappa shape index (κ3) is 5.16. The number of ether oxygens (including phenoxy) is 1. The van der Waals surface area contributed by atoms with Gasteiger partial charge in [-0.25, -0.2) is 0 Å². The minimum atomic E-state index is 0.555. The highest BCUT2D eigenvalue weighted by Crippen LogP contribution is 2.17. The zero-order valence-electron chi connectivity index (χ0n) is 11.1. The van der Waals surface area contributed by atoms with Crippen LogP contribution < -0.4 is 10.1 Å². The van der Waals surface area contributed by atoms with Crippen LogP contribution in [0.15, 0.2) is 53.0 Å². The van der Waals surface area contributed by atoms with Crippen LogP contribution in [-0.2, 0) is 12.4 Å². The molecule has 20 heavy (non-hydrogen) atoms. The van der Waals surface area contributed by atoms with Gasteiger partial charge in [-0.2, -0.15) is 0 Å². The van der Waals surface area contributed by atoms with Crippen molar-refractivity contribution in [1.82, 2.24) is 5.32 Å². The standard InChI is InChI=1S/C16H17BrClNO/c17-15-5-2-6-16(10-15)20-8-7-19-12-14-4-1-3-13(9-14)11-18/h1-6,9-10,19H,7-8,11-12H2. The molecule has 2 aromatic rings. The van der Waals surface area contributed by atoms with Crippen molar-refractivity contribution in [3.63, 3.8) is 0 Å². The monoisotopic (exact) mass is 353 g/mol. The Balaban J connectivity index is 1.68. The molecular weight excluding hydrogens is 338 g/mol. The van der Waals surface area contributed by atoms with Gasteiger partial charge >= 0.3 is 0 Å². The second-order valence-corrected chi connectivity index (χ2v) is 5.62. The average Bonchev–Trinajstić information content (AvgIpc) is 2.47. The molecule has 0 bridgehead atoms. The fraction of sp³-hybridized carbons (Fsp3) is 0.250. The Morgan fingerprint density at radius 1 is 1.05 bits per heavy atom. The maximum absolute atomic E-state index is 5.82. The first-order valence-electron chi connectivity index (χ1n) is 6.51. The fourth-order valence-corrected chi connectivity index (χ4v) is 2.40. The van der Waals surface area contributed by atoms with Crippen molar-refractivity contribution in [2.75, 3.05) is 13.2 Å².